The quantitative estimate of drug-likeness (QED) is 0.845. The monoisotopic (exact) mass is 248 g/mol. The molecule has 18 heavy (non-hydrogen) atoms. The van der Waals surface area contributed by atoms with Crippen molar-refractivity contribution in [3.8, 4) is 0 Å². The van der Waals surface area contributed by atoms with Gasteiger partial charge in [0.2, 0.25) is 5.95 Å². The van der Waals surface area contributed by atoms with Gasteiger partial charge in [-0.15, -0.1) is 5.10 Å². The van der Waals surface area contributed by atoms with Gasteiger partial charge in [-0.1, -0.05) is 5.21 Å². The Morgan fingerprint density at radius 3 is 2.83 bits per heavy atom. The third-order valence-electron chi connectivity index (χ3n) is 2.57. The second kappa shape index (κ2) is 5.66. The molecule has 0 spiro atoms. The first-order chi connectivity index (χ1) is 8.65. The summed E-state index contributed by atoms with van der Waals surface area (Å²) in [6.07, 6.45) is 6.66. The smallest absolute Gasteiger partial charge is 0.203 e. The molecule has 0 atom stereocenters. The molecule has 1 N–H and O–H groups in total. The van der Waals surface area contributed by atoms with Gasteiger partial charge < -0.3 is 9.88 Å². The molecule has 2 heterocycles. The van der Waals surface area contributed by atoms with Crippen LogP contribution in [-0.2, 0) is 13.1 Å². The van der Waals surface area contributed by atoms with Gasteiger partial charge in [0.25, 0.3) is 0 Å². The summed E-state index contributed by atoms with van der Waals surface area (Å²) >= 11 is 0. The van der Waals surface area contributed by atoms with Crippen molar-refractivity contribution in [3.63, 3.8) is 0 Å². The van der Waals surface area contributed by atoms with Gasteiger partial charge in [-0.2, -0.15) is 0 Å². The minimum Gasteiger partial charge on any atom is -0.353 e. The number of nitrogens with zero attached hydrogens (tertiary/aromatic N) is 5. The molecule has 0 saturated heterocycles. The summed E-state index contributed by atoms with van der Waals surface area (Å²) in [6.45, 7) is 8.04. The van der Waals surface area contributed by atoms with Gasteiger partial charge in [0.05, 0.1) is 11.9 Å². The second-order valence-electron chi connectivity index (χ2n) is 4.72. The highest BCUT2D eigenvalue weighted by molar-refractivity contribution is 5.29. The van der Waals surface area contributed by atoms with Crippen LogP contribution in [0.4, 0.5) is 5.95 Å². The summed E-state index contributed by atoms with van der Waals surface area (Å²) < 4.78 is 4.01. The number of hydrogen-bond acceptors (Lipinski definition) is 4. The molecule has 6 nitrogen and oxygen atoms in total. The molecule has 2 rings (SSSR count). The van der Waals surface area contributed by atoms with E-state index >= 15 is 0 Å². The van der Waals surface area contributed by atoms with Crippen molar-refractivity contribution in [1.29, 1.82) is 0 Å². The Morgan fingerprint density at radius 2 is 2.17 bits per heavy atom. The van der Waals surface area contributed by atoms with Crippen LogP contribution in [0, 0.1) is 6.92 Å². The van der Waals surface area contributed by atoms with E-state index in [1.165, 1.54) is 0 Å². The van der Waals surface area contributed by atoms with Crippen LogP contribution < -0.4 is 5.32 Å². The molecule has 2 aromatic heterocycles. The third-order valence-corrected chi connectivity index (χ3v) is 2.57. The topological polar surface area (TPSA) is 60.6 Å². The van der Waals surface area contributed by atoms with Crippen LogP contribution in [0.1, 0.15) is 26.0 Å². The molecule has 0 bridgehead atoms. The van der Waals surface area contributed by atoms with Crippen molar-refractivity contribution in [2.75, 3.05) is 5.32 Å². The standard InChI is InChI=1S/C12H20N6/c1-10(2)14-12-15-11(3)9-17(12)6-4-7-18-8-5-13-16-18/h5,8-10H,4,6-7H2,1-3H3,(H,14,15). The first-order valence-corrected chi connectivity index (χ1v) is 6.29. The fourth-order valence-corrected chi connectivity index (χ4v) is 1.85. The fraction of sp³-hybridized carbons (Fsp3) is 0.583. The molecule has 0 aromatic carbocycles. The normalized spacial score (nSPS) is 11.1. The number of hydrogen-bond donors (Lipinski definition) is 1. The lowest BCUT2D eigenvalue weighted by Crippen LogP contribution is -2.15. The maximum absolute atomic E-state index is 4.48. The number of rotatable bonds is 6. The summed E-state index contributed by atoms with van der Waals surface area (Å²) in [6, 6.07) is 0.390. The highest BCUT2D eigenvalue weighted by Crippen LogP contribution is 2.10. The third kappa shape index (κ3) is 3.32. The van der Waals surface area contributed by atoms with E-state index in [1.807, 2.05) is 17.8 Å². The van der Waals surface area contributed by atoms with E-state index in [2.05, 4.69) is 45.2 Å². The molecule has 0 radical (unpaired) electrons. The Kier molecular flexibility index (Phi) is 3.96. The molecule has 0 amide bonds. The summed E-state index contributed by atoms with van der Waals surface area (Å²) in [5, 5.41) is 11.1. The minimum atomic E-state index is 0.390. The number of nitrogens with one attached hydrogen (secondary N) is 1. The van der Waals surface area contributed by atoms with Crippen LogP contribution in [0.2, 0.25) is 0 Å². The summed E-state index contributed by atoms with van der Waals surface area (Å²) in [4.78, 5) is 4.48. The fourth-order valence-electron chi connectivity index (χ4n) is 1.85. The summed E-state index contributed by atoms with van der Waals surface area (Å²) in [5.41, 5.74) is 1.04. The van der Waals surface area contributed by atoms with E-state index < -0.39 is 0 Å². The molecule has 0 unspecified atom stereocenters. The van der Waals surface area contributed by atoms with E-state index in [1.54, 1.807) is 6.20 Å². The van der Waals surface area contributed by atoms with Crippen molar-refractivity contribution in [1.82, 2.24) is 24.5 Å². The van der Waals surface area contributed by atoms with Crippen LogP contribution in [0.25, 0.3) is 0 Å². The van der Waals surface area contributed by atoms with Crippen LogP contribution >= 0.6 is 0 Å². The van der Waals surface area contributed by atoms with Gasteiger partial charge in [0.15, 0.2) is 0 Å². The van der Waals surface area contributed by atoms with Crippen LogP contribution in [-0.4, -0.2) is 30.6 Å². The van der Waals surface area contributed by atoms with Gasteiger partial charge in [0.1, 0.15) is 0 Å². The van der Waals surface area contributed by atoms with Gasteiger partial charge >= 0.3 is 0 Å². The minimum absolute atomic E-state index is 0.390. The molecule has 6 heteroatoms. The Labute approximate surface area is 107 Å². The van der Waals surface area contributed by atoms with E-state index in [0.717, 1.165) is 31.2 Å². The average molecular weight is 248 g/mol. The zero-order valence-corrected chi connectivity index (χ0v) is 11.2. The number of aryl methyl sites for hydroxylation is 3. The van der Waals surface area contributed by atoms with Crippen molar-refractivity contribution in [3.05, 3.63) is 24.3 Å². The molecule has 0 aliphatic heterocycles. The van der Waals surface area contributed by atoms with E-state index in [-0.39, 0.29) is 0 Å². The van der Waals surface area contributed by atoms with E-state index in [0.29, 0.717) is 6.04 Å². The molecular formula is C12H20N6. The van der Waals surface area contributed by atoms with Gasteiger partial charge in [-0.3, -0.25) is 4.68 Å². The molecular weight excluding hydrogens is 228 g/mol. The summed E-state index contributed by atoms with van der Waals surface area (Å²) in [7, 11) is 0. The largest absolute Gasteiger partial charge is 0.353 e. The van der Waals surface area contributed by atoms with Crippen molar-refractivity contribution in [2.45, 2.75) is 46.3 Å². The van der Waals surface area contributed by atoms with Crippen molar-refractivity contribution >= 4 is 5.95 Å². The van der Waals surface area contributed by atoms with E-state index in [9.17, 15) is 0 Å². The first kappa shape index (κ1) is 12.6. The highest BCUT2D eigenvalue weighted by Gasteiger charge is 2.06. The van der Waals surface area contributed by atoms with E-state index in [4.69, 9.17) is 0 Å². The SMILES string of the molecule is Cc1cn(CCCn2ccnn2)c(NC(C)C)n1. The van der Waals surface area contributed by atoms with Gasteiger partial charge in [-0.05, 0) is 27.2 Å². The van der Waals surface area contributed by atoms with Crippen LogP contribution in [0.3, 0.4) is 0 Å². The number of aromatic nitrogens is 5. The number of imidazole rings is 1. The first-order valence-electron chi connectivity index (χ1n) is 6.29. The van der Waals surface area contributed by atoms with Gasteiger partial charge in [0, 0.05) is 31.5 Å². The lowest BCUT2D eigenvalue weighted by atomic mass is 10.4. The zero-order valence-electron chi connectivity index (χ0n) is 11.2. The Balaban J connectivity index is 1.91. The Hall–Kier alpha value is -1.85. The van der Waals surface area contributed by atoms with Crippen LogP contribution in [0.15, 0.2) is 18.6 Å². The summed E-state index contributed by atoms with van der Waals surface area (Å²) in [5.74, 6) is 0.945. The Bertz CT molecular complexity index is 471. The maximum atomic E-state index is 4.48. The number of anilines is 1. The maximum Gasteiger partial charge on any atom is 0.203 e. The molecule has 2 aromatic rings. The predicted octanol–water partition coefficient (Wildman–Crippen LogP) is 1.69. The molecule has 0 aliphatic rings. The van der Waals surface area contributed by atoms with Crippen molar-refractivity contribution in [2.24, 2.45) is 0 Å². The highest BCUT2D eigenvalue weighted by atomic mass is 15.4. The zero-order chi connectivity index (χ0) is 13.0. The van der Waals surface area contributed by atoms with Gasteiger partial charge in [-0.25, -0.2) is 4.98 Å². The average Bonchev–Trinajstić information content (AvgIpc) is 2.89. The second-order valence-corrected chi connectivity index (χ2v) is 4.72. The molecule has 0 fully saturated rings. The molecule has 0 saturated carbocycles. The van der Waals surface area contributed by atoms with Crippen molar-refractivity contribution < 1.29 is 0 Å². The molecule has 0 aliphatic carbocycles. The molecule has 98 valence electrons. The Morgan fingerprint density at radius 1 is 1.33 bits per heavy atom. The lowest BCUT2D eigenvalue weighted by molar-refractivity contribution is 0.515. The predicted molar refractivity (Wildman–Crippen MR) is 70.4 cm³/mol. The lowest BCUT2D eigenvalue weighted by Gasteiger charge is -2.11. The van der Waals surface area contributed by atoms with Crippen LogP contribution in [0.5, 0.6) is 0 Å².